The molecule has 0 aliphatic rings. The minimum absolute atomic E-state index is 0.0724. The molecular formula is C13H16O6. The number of hydrogen-bond donors (Lipinski definition) is 2. The van der Waals surface area contributed by atoms with Crippen LogP contribution in [0.15, 0.2) is 24.3 Å². The molecular weight excluding hydrogens is 252 g/mol. The normalized spacial score (nSPS) is 11.7. The number of esters is 2. The molecule has 0 radical (unpaired) electrons. The average Bonchev–Trinajstić information content (AvgIpc) is 2.42. The number of carbonyl (C=O) groups is 2. The Kier molecular flexibility index (Phi) is 5.98. The van der Waals surface area contributed by atoms with E-state index in [-0.39, 0.29) is 30.9 Å². The van der Waals surface area contributed by atoms with Crippen molar-refractivity contribution in [2.75, 3.05) is 19.8 Å². The van der Waals surface area contributed by atoms with Crippen LogP contribution in [0, 0.1) is 0 Å². The highest BCUT2D eigenvalue weighted by Crippen LogP contribution is 2.07. The molecule has 1 atom stereocenters. The molecule has 104 valence electrons. The molecule has 0 saturated carbocycles. The molecule has 1 rings (SSSR count). The first kappa shape index (κ1) is 15.1. The highest BCUT2D eigenvalue weighted by atomic mass is 16.5. The summed E-state index contributed by atoms with van der Waals surface area (Å²) in [6.45, 7) is 1.11. The van der Waals surface area contributed by atoms with Crippen LogP contribution in [0.1, 0.15) is 27.6 Å². The maximum atomic E-state index is 11.5. The molecule has 0 aromatic heterocycles. The van der Waals surface area contributed by atoms with Crippen LogP contribution in [0.3, 0.4) is 0 Å². The van der Waals surface area contributed by atoms with Gasteiger partial charge in [-0.05, 0) is 31.2 Å². The molecule has 1 aromatic rings. The molecule has 0 heterocycles. The zero-order valence-electron chi connectivity index (χ0n) is 10.5. The van der Waals surface area contributed by atoms with Gasteiger partial charge >= 0.3 is 11.9 Å². The smallest absolute Gasteiger partial charge is 0.338 e. The average molecular weight is 268 g/mol. The van der Waals surface area contributed by atoms with Gasteiger partial charge in [0.25, 0.3) is 0 Å². The zero-order valence-corrected chi connectivity index (χ0v) is 10.5. The number of aliphatic hydroxyl groups excluding tert-OH is 2. The van der Waals surface area contributed by atoms with Gasteiger partial charge in [-0.25, -0.2) is 9.59 Å². The molecule has 2 N–H and O–H groups in total. The lowest BCUT2D eigenvalue weighted by Gasteiger charge is -2.07. The monoisotopic (exact) mass is 268 g/mol. The summed E-state index contributed by atoms with van der Waals surface area (Å²) in [7, 11) is 0. The molecule has 1 unspecified atom stereocenters. The van der Waals surface area contributed by atoms with Crippen molar-refractivity contribution in [2.24, 2.45) is 0 Å². The molecule has 0 spiro atoms. The predicted octanol–water partition coefficient (Wildman–Crippen LogP) is 0.373. The van der Waals surface area contributed by atoms with Crippen LogP contribution in [0.5, 0.6) is 0 Å². The van der Waals surface area contributed by atoms with Crippen LogP contribution < -0.4 is 0 Å². The van der Waals surface area contributed by atoms with Gasteiger partial charge in [0.1, 0.15) is 13.2 Å². The largest absolute Gasteiger partial charge is 0.460 e. The van der Waals surface area contributed by atoms with Crippen LogP contribution in [0.25, 0.3) is 0 Å². The summed E-state index contributed by atoms with van der Waals surface area (Å²) in [5.74, 6) is -1.14. The minimum Gasteiger partial charge on any atom is -0.460 e. The van der Waals surface area contributed by atoms with Gasteiger partial charge in [0.15, 0.2) is 0 Å². The van der Waals surface area contributed by atoms with E-state index in [1.165, 1.54) is 31.2 Å². The lowest BCUT2D eigenvalue weighted by atomic mass is 10.1. The van der Waals surface area contributed by atoms with Crippen molar-refractivity contribution in [1.82, 2.24) is 0 Å². The number of rotatable bonds is 6. The van der Waals surface area contributed by atoms with Crippen molar-refractivity contribution in [3.05, 3.63) is 35.4 Å². The molecule has 6 heteroatoms. The molecule has 6 nitrogen and oxygen atoms in total. The lowest BCUT2D eigenvalue weighted by molar-refractivity contribution is 0.0295. The van der Waals surface area contributed by atoms with Gasteiger partial charge < -0.3 is 19.7 Å². The number of carbonyl (C=O) groups excluding carboxylic acids is 2. The van der Waals surface area contributed by atoms with Crippen LogP contribution in [-0.2, 0) is 9.47 Å². The van der Waals surface area contributed by atoms with Gasteiger partial charge in [-0.2, -0.15) is 0 Å². The summed E-state index contributed by atoms with van der Waals surface area (Å²) in [6, 6.07) is 5.72. The third kappa shape index (κ3) is 5.07. The molecule has 0 saturated heterocycles. The number of aliphatic hydroxyl groups is 2. The van der Waals surface area contributed by atoms with E-state index in [0.717, 1.165) is 0 Å². The van der Waals surface area contributed by atoms with E-state index >= 15 is 0 Å². The third-order valence-corrected chi connectivity index (χ3v) is 2.14. The topological polar surface area (TPSA) is 93.1 Å². The fourth-order valence-electron chi connectivity index (χ4n) is 1.24. The fraction of sp³-hybridized carbons (Fsp3) is 0.385. The van der Waals surface area contributed by atoms with Crippen molar-refractivity contribution < 1.29 is 29.3 Å². The molecule has 0 aliphatic heterocycles. The zero-order chi connectivity index (χ0) is 14.3. The number of ether oxygens (including phenoxy) is 2. The minimum atomic E-state index is -0.725. The van der Waals surface area contributed by atoms with E-state index in [4.69, 9.17) is 19.7 Å². The predicted molar refractivity (Wildman–Crippen MR) is 65.8 cm³/mol. The molecule has 0 fully saturated rings. The maximum Gasteiger partial charge on any atom is 0.338 e. The van der Waals surface area contributed by atoms with Gasteiger partial charge in [0.05, 0.1) is 23.8 Å². The Labute approximate surface area is 110 Å². The van der Waals surface area contributed by atoms with Gasteiger partial charge in [-0.3, -0.25) is 0 Å². The summed E-state index contributed by atoms with van der Waals surface area (Å²) in [4.78, 5) is 22.9. The van der Waals surface area contributed by atoms with E-state index in [1.54, 1.807) is 0 Å². The van der Waals surface area contributed by atoms with Crippen molar-refractivity contribution in [3.63, 3.8) is 0 Å². The quantitative estimate of drug-likeness (QED) is 0.724. The molecule has 0 amide bonds. The highest BCUT2D eigenvalue weighted by Gasteiger charge is 2.11. The Morgan fingerprint density at radius 2 is 1.58 bits per heavy atom. The fourth-order valence-corrected chi connectivity index (χ4v) is 1.24. The van der Waals surface area contributed by atoms with E-state index in [2.05, 4.69) is 0 Å². The summed E-state index contributed by atoms with van der Waals surface area (Å²) >= 11 is 0. The highest BCUT2D eigenvalue weighted by molar-refractivity contribution is 5.93. The number of hydrogen-bond acceptors (Lipinski definition) is 6. The molecule has 0 aliphatic carbocycles. The molecule has 0 bridgehead atoms. The molecule has 1 aromatic carbocycles. The summed E-state index contributed by atoms with van der Waals surface area (Å²) in [6.07, 6.45) is -0.725. The Morgan fingerprint density at radius 1 is 1.11 bits per heavy atom. The lowest BCUT2D eigenvalue weighted by Crippen LogP contribution is -2.15. The van der Waals surface area contributed by atoms with E-state index in [1.807, 2.05) is 0 Å². The standard InChI is InChI=1S/C13H16O6/c1-9(15)8-19-13(17)11-4-2-10(3-5-11)12(16)18-7-6-14/h2-5,9,14-15H,6-8H2,1H3. The summed E-state index contributed by atoms with van der Waals surface area (Å²) in [5.41, 5.74) is 0.555. The van der Waals surface area contributed by atoms with Crippen LogP contribution in [0.2, 0.25) is 0 Å². The van der Waals surface area contributed by atoms with Crippen LogP contribution in [-0.4, -0.2) is 48.1 Å². The van der Waals surface area contributed by atoms with Crippen molar-refractivity contribution in [2.45, 2.75) is 13.0 Å². The van der Waals surface area contributed by atoms with E-state index < -0.39 is 18.0 Å². The SMILES string of the molecule is CC(O)COC(=O)c1ccc(C(=O)OCCO)cc1. The Morgan fingerprint density at radius 3 is 2.00 bits per heavy atom. The first-order valence-electron chi connectivity index (χ1n) is 5.78. The summed E-state index contributed by atoms with van der Waals surface area (Å²) < 4.78 is 9.53. The van der Waals surface area contributed by atoms with Crippen molar-refractivity contribution >= 4 is 11.9 Å². The van der Waals surface area contributed by atoms with E-state index in [9.17, 15) is 9.59 Å². The first-order chi connectivity index (χ1) is 9.04. The second-order valence-corrected chi connectivity index (χ2v) is 3.88. The van der Waals surface area contributed by atoms with Gasteiger partial charge in [-0.1, -0.05) is 0 Å². The summed E-state index contributed by atoms with van der Waals surface area (Å²) in [5, 5.41) is 17.5. The first-order valence-corrected chi connectivity index (χ1v) is 5.78. The Hall–Kier alpha value is -1.92. The maximum absolute atomic E-state index is 11.5. The van der Waals surface area contributed by atoms with Gasteiger partial charge in [-0.15, -0.1) is 0 Å². The van der Waals surface area contributed by atoms with Gasteiger partial charge in [0, 0.05) is 0 Å². The molecule has 19 heavy (non-hydrogen) atoms. The van der Waals surface area contributed by atoms with Crippen molar-refractivity contribution in [3.8, 4) is 0 Å². The number of benzene rings is 1. The van der Waals surface area contributed by atoms with Crippen molar-refractivity contribution in [1.29, 1.82) is 0 Å². The second kappa shape index (κ2) is 7.50. The second-order valence-electron chi connectivity index (χ2n) is 3.88. The Balaban J connectivity index is 2.60. The van der Waals surface area contributed by atoms with Crippen LogP contribution in [0.4, 0.5) is 0 Å². The van der Waals surface area contributed by atoms with Gasteiger partial charge in [0.2, 0.25) is 0 Å². The van der Waals surface area contributed by atoms with E-state index in [0.29, 0.717) is 0 Å². The third-order valence-electron chi connectivity index (χ3n) is 2.14. The van der Waals surface area contributed by atoms with Crippen LogP contribution >= 0.6 is 0 Å². The Bertz CT molecular complexity index is 423.